The van der Waals surface area contributed by atoms with Crippen molar-refractivity contribution in [2.45, 2.75) is 106 Å². The van der Waals surface area contributed by atoms with Crippen LogP contribution in [0.5, 0.6) is 0 Å². The van der Waals surface area contributed by atoms with Gasteiger partial charge in [0.05, 0.1) is 0 Å². The number of hydrogen-bond acceptors (Lipinski definition) is 1. The summed E-state index contributed by atoms with van der Waals surface area (Å²) in [5, 5.41) is 0. The van der Waals surface area contributed by atoms with Gasteiger partial charge in [0.25, 0.3) is 0 Å². The van der Waals surface area contributed by atoms with Crippen LogP contribution < -0.4 is 0 Å². The lowest BCUT2D eigenvalue weighted by Crippen LogP contribution is -2.65. The van der Waals surface area contributed by atoms with Crippen molar-refractivity contribution in [3.05, 3.63) is 12.2 Å². The first-order valence-electron chi connectivity index (χ1n) is 13.2. The Morgan fingerprint density at radius 2 is 1.53 bits per heavy atom. The Labute approximate surface area is 185 Å². The van der Waals surface area contributed by atoms with E-state index < -0.39 is 0 Å². The summed E-state index contributed by atoms with van der Waals surface area (Å²) in [7, 11) is 0. The van der Waals surface area contributed by atoms with Gasteiger partial charge in [-0.1, -0.05) is 46.8 Å². The second-order valence-corrected chi connectivity index (χ2v) is 13.7. The third-order valence-electron chi connectivity index (χ3n) is 12.7. The maximum absolute atomic E-state index is 12.9. The minimum absolute atomic E-state index is 0.125. The number of carbonyl (C=O) groups is 1. The van der Waals surface area contributed by atoms with Gasteiger partial charge in [0.15, 0.2) is 0 Å². The molecule has 168 valence electrons. The molecule has 0 spiro atoms. The summed E-state index contributed by atoms with van der Waals surface area (Å²) in [6.07, 6.45) is 13.1. The van der Waals surface area contributed by atoms with Crippen LogP contribution in [0.4, 0.5) is 0 Å². The van der Waals surface area contributed by atoms with Crippen molar-refractivity contribution in [3.8, 4) is 0 Å². The molecule has 0 aromatic carbocycles. The molecule has 0 radical (unpaired) electrons. The Kier molecular flexibility index (Phi) is 4.59. The van der Waals surface area contributed by atoms with Gasteiger partial charge in [-0.15, -0.1) is 0 Å². The maximum Gasteiger partial charge on any atom is 0.138 e. The lowest BCUT2D eigenvalue weighted by Gasteiger charge is -2.71. The standard InChI is InChI=1S/C29H46O/c1-18(2)20-9-8-19-12-16-28(6)21(25(19)20)10-11-23-27(5)15-14-24(30)26(3,4)22(27)13-17-29(23,28)7/h19-23,25H,1,8-17H2,2-7H3/t19-,20?,21?,22?,23?,25?,27+,28-,29-/m1/s1. The second-order valence-electron chi connectivity index (χ2n) is 13.7. The van der Waals surface area contributed by atoms with E-state index in [0.29, 0.717) is 27.9 Å². The van der Waals surface area contributed by atoms with E-state index in [0.717, 1.165) is 42.4 Å². The molecule has 5 rings (SSSR count). The molecular formula is C29H46O. The van der Waals surface area contributed by atoms with E-state index in [-0.39, 0.29) is 5.41 Å². The molecule has 5 saturated carbocycles. The summed E-state index contributed by atoms with van der Waals surface area (Å²) < 4.78 is 0. The van der Waals surface area contributed by atoms with Crippen molar-refractivity contribution in [3.63, 3.8) is 0 Å². The van der Waals surface area contributed by atoms with E-state index >= 15 is 0 Å². The van der Waals surface area contributed by atoms with Crippen molar-refractivity contribution in [1.29, 1.82) is 0 Å². The first kappa shape index (κ1) is 21.3. The summed E-state index contributed by atoms with van der Waals surface area (Å²) in [5.41, 5.74) is 2.58. The molecular weight excluding hydrogens is 364 g/mol. The number of carbonyl (C=O) groups excluding carboxylic acids is 1. The summed E-state index contributed by atoms with van der Waals surface area (Å²) >= 11 is 0. The molecule has 5 aliphatic rings. The Bertz CT molecular complexity index is 762. The minimum atomic E-state index is -0.125. The van der Waals surface area contributed by atoms with Gasteiger partial charge >= 0.3 is 0 Å². The molecule has 30 heavy (non-hydrogen) atoms. The molecule has 0 heterocycles. The number of rotatable bonds is 1. The second kappa shape index (κ2) is 6.48. The van der Waals surface area contributed by atoms with Gasteiger partial charge in [-0.2, -0.15) is 0 Å². The van der Waals surface area contributed by atoms with Crippen LogP contribution in [0.25, 0.3) is 0 Å². The number of Topliss-reactive ketones (excluding diaryl/α,β-unsaturated/α-hetero) is 1. The highest BCUT2D eigenvalue weighted by molar-refractivity contribution is 5.85. The van der Waals surface area contributed by atoms with Crippen LogP contribution in [0.15, 0.2) is 12.2 Å². The van der Waals surface area contributed by atoms with E-state index in [1.807, 2.05) is 0 Å². The Balaban J connectivity index is 1.53. The third kappa shape index (κ3) is 2.45. The van der Waals surface area contributed by atoms with Crippen LogP contribution in [0.3, 0.4) is 0 Å². The van der Waals surface area contributed by atoms with Gasteiger partial charge in [0.1, 0.15) is 5.78 Å². The Morgan fingerprint density at radius 1 is 0.833 bits per heavy atom. The first-order valence-corrected chi connectivity index (χ1v) is 13.2. The summed E-state index contributed by atoms with van der Waals surface area (Å²) in [4.78, 5) is 12.9. The summed E-state index contributed by atoms with van der Waals surface area (Å²) in [6.45, 7) is 19.3. The van der Waals surface area contributed by atoms with Crippen LogP contribution >= 0.6 is 0 Å². The molecule has 0 aromatic rings. The smallest absolute Gasteiger partial charge is 0.138 e. The van der Waals surface area contributed by atoms with Crippen molar-refractivity contribution in [1.82, 2.24) is 0 Å². The highest BCUT2D eigenvalue weighted by Crippen LogP contribution is 2.75. The predicted molar refractivity (Wildman–Crippen MR) is 125 cm³/mol. The van der Waals surface area contributed by atoms with E-state index in [1.54, 1.807) is 0 Å². The van der Waals surface area contributed by atoms with Crippen LogP contribution in [-0.4, -0.2) is 5.78 Å². The highest BCUT2D eigenvalue weighted by Gasteiger charge is 2.69. The Hall–Kier alpha value is -0.590. The molecule has 5 aliphatic carbocycles. The number of ketones is 1. The van der Waals surface area contributed by atoms with Gasteiger partial charge in [-0.3, -0.25) is 4.79 Å². The Morgan fingerprint density at radius 3 is 2.23 bits per heavy atom. The summed E-state index contributed by atoms with van der Waals surface area (Å²) in [6, 6.07) is 0. The predicted octanol–water partition coefficient (Wildman–Crippen LogP) is 7.84. The minimum Gasteiger partial charge on any atom is -0.299 e. The van der Waals surface area contributed by atoms with Gasteiger partial charge in [-0.05, 0) is 116 Å². The quantitative estimate of drug-likeness (QED) is 0.402. The maximum atomic E-state index is 12.9. The molecule has 0 aromatic heterocycles. The van der Waals surface area contributed by atoms with E-state index in [9.17, 15) is 4.79 Å². The lowest BCUT2D eigenvalue weighted by molar-refractivity contribution is -0.225. The molecule has 1 nitrogen and oxygen atoms in total. The van der Waals surface area contributed by atoms with Crippen molar-refractivity contribution < 1.29 is 4.79 Å². The van der Waals surface area contributed by atoms with Crippen molar-refractivity contribution in [2.24, 2.45) is 57.2 Å². The zero-order valence-electron chi connectivity index (χ0n) is 20.7. The van der Waals surface area contributed by atoms with Gasteiger partial charge in [0.2, 0.25) is 0 Å². The fourth-order valence-electron chi connectivity index (χ4n) is 11.0. The van der Waals surface area contributed by atoms with Crippen LogP contribution in [0.2, 0.25) is 0 Å². The van der Waals surface area contributed by atoms with Crippen LogP contribution in [-0.2, 0) is 4.79 Å². The van der Waals surface area contributed by atoms with Gasteiger partial charge in [-0.25, -0.2) is 0 Å². The topological polar surface area (TPSA) is 17.1 Å². The average molecular weight is 411 g/mol. The highest BCUT2D eigenvalue weighted by atomic mass is 16.1. The third-order valence-corrected chi connectivity index (χ3v) is 12.7. The zero-order valence-corrected chi connectivity index (χ0v) is 20.7. The molecule has 9 atom stereocenters. The zero-order chi connectivity index (χ0) is 21.7. The summed E-state index contributed by atoms with van der Waals surface area (Å²) in [5.74, 6) is 5.42. The molecule has 1 heteroatoms. The largest absolute Gasteiger partial charge is 0.299 e. The molecule has 5 fully saturated rings. The van der Waals surface area contributed by atoms with Crippen LogP contribution in [0.1, 0.15) is 106 Å². The van der Waals surface area contributed by atoms with Gasteiger partial charge in [0, 0.05) is 11.8 Å². The monoisotopic (exact) mass is 410 g/mol. The van der Waals surface area contributed by atoms with Crippen molar-refractivity contribution >= 4 is 5.78 Å². The molecule has 0 amide bonds. The van der Waals surface area contributed by atoms with Crippen molar-refractivity contribution in [2.75, 3.05) is 0 Å². The van der Waals surface area contributed by atoms with E-state index in [4.69, 9.17) is 0 Å². The molecule has 0 N–H and O–H groups in total. The first-order chi connectivity index (χ1) is 14.0. The SMILES string of the molecule is C=C(C)C1CC[C@@H]2CC[C@]3(C)C(CCC4[C@@]5(C)CCC(=O)C(C)(C)C5CC[C@]43C)C12. The number of fused-ring (bicyclic) bond motifs is 7. The average Bonchev–Trinajstić information content (AvgIpc) is 3.10. The van der Waals surface area contributed by atoms with E-state index in [2.05, 4.69) is 48.1 Å². The fourth-order valence-corrected chi connectivity index (χ4v) is 11.0. The lowest BCUT2D eigenvalue weighted by atomic mass is 9.33. The van der Waals surface area contributed by atoms with E-state index in [1.165, 1.54) is 56.9 Å². The molecule has 0 aliphatic heterocycles. The fraction of sp³-hybridized carbons (Fsp3) is 0.897. The number of hydrogen-bond donors (Lipinski definition) is 0. The molecule has 0 bridgehead atoms. The normalized spacial score (nSPS) is 54.5. The van der Waals surface area contributed by atoms with Gasteiger partial charge < -0.3 is 0 Å². The van der Waals surface area contributed by atoms with Crippen LogP contribution in [0, 0.1) is 57.2 Å². The number of allylic oxidation sites excluding steroid dienone is 1. The molecule has 0 saturated heterocycles. The molecule has 5 unspecified atom stereocenters.